The summed E-state index contributed by atoms with van der Waals surface area (Å²) >= 11 is 0. The molecule has 1 atom stereocenters. The standard InChI is InChI=1S/C27H36N2O5S/c1-20(2)19-29(35(31,32)24-11-12-25-22(18-24)14-16-33-25)15-13-23(17-21-9-7-6-8-10-21)28-26(30)34-27(3,4)5/h6-12,14,16,18,20,23H,13,15,17,19H2,1-5H3,(H,28,30)/t23-/m1/s1. The van der Waals surface area contributed by atoms with Gasteiger partial charge < -0.3 is 14.5 Å². The highest BCUT2D eigenvalue weighted by molar-refractivity contribution is 7.89. The van der Waals surface area contributed by atoms with E-state index in [1.54, 1.807) is 30.5 Å². The van der Waals surface area contributed by atoms with Gasteiger partial charge >= 0.3 is 6.09 Å². The van der Waals surface area contributed by atoms with Crippen molar-refractivity contribution in [2.45, 2.75) is 64.0 Å². The summed E-state index contributed by atoms with van der Waals surface area (Å²) in [6.07, 6.45) is 2.04. The number of sulfonamides is 1. The third-order valence-electron chi connectivity index (χ3n) is 5.40. The van der Waals surface area contributed by atoms with Crippen molar-refractivity contribution in [1.82, 2.24) is 9.62 Å². The van der Waals surface area contributed by atoms with Gasteiger partial charge in [-0.05, 0) is 69.4 Å². The van der Waals surface area contributed by atoms with E-state index in [1.165, 1.54) is 4.31 Å². The van der Waals surface area contributed by atoms with Crippen LogP contribution in [0.15, 0.2) is 70.2 Å². The molecule has 190 valence electrons. The molecule has 0 saturated carbocycles. The van der Waals surface area contributed by atoms with Crippen LogP contribution in [0.2, 0.25) is 0 Å². The second kappa shape index (κ2) is 11.3. The predicted molar refractivity (Wildman–Crippen MR) is 138 cm³/mol. The molecule has 7 nitrogen and oxygen atoms in total. The van der Waals surface area contributed by atoms with Crippen LogP contribution in [0.1, 0.15) is 46.6 Å². The van der Waals surface area contributed by atoms with Crippen LogP contribution in [0.25, 0.3) is 11.0 Å². The van der Waals surface area contributed by atoms with Crippen molar-refractivity contribution in [3.8, 4) is 0 Å². The molecule has 0 spiro atoms. The Morgan fingerprint density at radius 3 is 2.46 bits per heavy atom. The van der Waals surface area contributed by atoms with Crippen molar-refractivity contribution in [3.05, 3.63) is 66.4 Å². The molecule has 0 bridgehead atoms. The molecule has 3 aromatic rings. The summed E-state index contributed by atoms with van der Waals surface area (Å²) in [7, 11) is -3.74. The Labute approximate surface area is 208 Å². The van der Waals surface area contributed by atoms with Crippen molar-refractivity contribution < 1.29 is 22.4 Å². The van der Waals surface area contributed by atoms with Gasteiger partial charge in [0.15, 0.2) is 0 Å². The van der Waals surface area contributed by atoms with Gasteiger partial charge in [0.25, 0.3) is 0 Å². The molecule has 0 unspecified atom stereocenters. The van der Waals surface area contributed by atoms with Crippen molar-refractivity contribution in [2.24, 2.45) is 5.92 Å². The zero-order valence-electron chi connectivity index (χ0n) is 21.2. The second-order valence-electron chi connectivity index (χ2n) is 10.2. The first-order valence-electron chi connectivity index (χ1n) is 11.9. The summed E-state index contributed by atoms with van der Waals surface area (Å²) < 4.78 is 39.5. The summed E-state index contributed by atoms with van der Waals surface area (Å²) in [6, 6.07) is 16.2. The van der Waals surface area contributed by atoms with Gasteiger partial charge in [0.05, 0.1) is 11.2 Å². The molecule has 1 N–H and O–H groups in total. The lowest BCUT2D eigenvalue weighted by molar-refractivity contribution is 0.0500. The van der Waals surface area contributed by atoms with Gasteiger partial charge in [-0.1, -0.05) is 44.2 Å². The van der Waals surface area contributed by atoms with E-state index in [1.807, 2.05) is 65.0 Å². The minimum absolute atomic E-state index is 0.133. The number of rotatable bonds is 10. The molecule has 0 radical (unpaired) electrons. The Balaban J connectivity index is 1.81. The van der Waals surface area contributed by atoms with Crippen LogP contribution in [0, 0.1) is 5.92 Å². The Kier molecular flexibility index (Phi) is 8.61. The summed E-state index contributed by atoms with van der Waals surface area (Å²) in [5.41, 5.74) is 1.07. The molecular formula is C27H36N2O5S. The first kappa shape index (κ1) is 26.8. The lowest BCUT2D eigenvalue weighted by atomic mass is 10.0. The second-order valence-corrected chi connectivity index (χ2v) is 12.1. The number of benzene rings is 2. The van der Waals surface area contributed by atoms with E-state index >= 15 is 0 Å². The highest BCUT2D eigenvalue weighted by atomic mass is 32.2. The van der Waals surface area contributed by atoms with Crippen LogP contribution >= 0.6 is 0 Å². The van der Waals surface area contributed by atoms with E-state index in [0.717, 1.165) is 10.9 Å². The van der Waals surface area contributed by atoms with Crippen LogP contribution < -0.4 is 5.32 Å². The number of fused-ring (bicyclic) bond motifs is 1. The van der Waals surface area contributed by atoms with Gasteiger partial charge in [0.1, 0.15) is 11.2 Å². The maximum atomic E-state index is 13.6. The maximum Gasteiger partial charge on any atom is 0.407 e. The van der Waals surface area contributed by atoms with E-state index in [9.17, 15) is 13.2 Å². The Morgan fingerprint density at radius 1 is 1.09 bits per heavy atom. The van der Waals surface area contributed by atoms with Gasteiger partial charge in [0, 0.05) is 24.5 Å². The van der Waals surface area contributed by atoms with Crippen LogP contribution in [-0.4, -0.2) is 43.5 Å². The average molecular weight is 501 g/mol. The van der Waals surface area contributed by atoms with E-state index in [4.69, 9.17) is 9.15 Å². The van der Waals surface area contributed by atoms with Crippen LogP contribution in [0.5, 0.6) is 0 Å². The van der Waals surface area contributed by atoms with Gasteiger partial charge in [-0.2, -0.15) is 4.31 Å². The Hall–Kier alpha value is -2.84. The fourth-order valence-corrected chi connectivity index (χ4v) is 5.52. The summed E-state index contributed by atoms with van der Waals surface area (Å²) in [4.78, 5) is 12.8. The lowest BCUT2D eigenvalue weighted by Crippen LogP contribution is -2.43. The first-order chi connectivity index (χ1) is 16.4. The van der Waals surface area contributed by atoms with E-state index in [0.29, 0.717) is 25.0 Å². The van der Waals surface area contributed by atoms with Gasteiger partial charge in [-0.15, -0.1) is 0 Å². The number of nitrogens with one attached hydrogen (secondary N) is 1. The van der Waals surface area contributed by atoms with Crippen molar-refractivity contribution in [2.75, 3.05) is 13.1 Å². The predicted octanol–water partition coefficient (Wildman–Crippen LogP) is 5.61. The van der Waals surface area contributed by atoms with Gasteiger partial charge in [-0.25, -0.2) is 13.2 Å². The minimum atomic E-state index is -3.74. The van der Waals surface area contributed by atoms with Crippen molar-refractivity contribution in [3.63, 3.8) is 0 Å². The third-order valence-corrected chi connectivity index (χ3v) is 7.26. The van der Waals surface area contributed by atoms with Crippen LogP contribution in [0.4, 0.5) is 4.79 Å². The minimum Gasteiger partial charge on any atom is -0.464 e. The number of ether oxygens (including phenoxy) is 1. The number of carbonyl (C=O) groups is 1. The molecule has 0 fully saturated rings. The molecule has 0 saturated heterocycles. The number of furan rings is 1. The quantitative estimate of drug-likeness (QED) is 0.391. The highest BCUT2D eigenvalue weighted by Crippen LogP contribution is 2.24. The topological polar surface area (TPSA) is 88.9 Å². The smallest absolute Gasteiger partial charge is 0.407 e. The number of amides is 1. The molecule has 3 rings (SSSR count). The van der Waals surface area contributed by atoms with E-state index in [2.05, 4.69) is 5.32 Å². The summed E-state index contributed by atoms with van der Waals surface area (Å²) in [5, 5.41) is 3.69. The van der Waals surface area contributed by atoms with Crippen LogP contribution in [0.3, 0.4) is 0 Å². The fraction of sp³-hybridized carbons (Fsp3) is 0.444. The Bertz CT molecular complexity index is 1210. The molecule has 0 aliphatic heterocycles. The number of nitrogens with zero attached hydrogens (tertiary/aromatic N) is 1. The van der Waals surface area contributed by atoms with E-state index < -0.39 is 21.7 Å². The number of hydrogen-bond donors (Lipinski definition) is 1. The largest absolute Gasteiger partial charge is 0.464 e. The SMILES string of the molecule is CC(C)CN(CC[C@H](Cc1ccccc1)NC(=O)OC(C)(C)C)S(=O)(=O)c1ccc2occc2c1. The zero-order chi connectivity index (χ0) is 25.6. The molecule has 1 heterocycles. The van der Waals surface area contributed by atoms with E-state index in [-0.39, 0.29) is 23.4 Å². The average Bonchev–Trinajstić information content (AvgIpc) is 3.23. The maximum absolute atomic E-state index is 13.6. The fourth-order valence-electron chi connectivity index (χ4n) is 3.87. The van der Waals surface area contributed by atoms with Gasteiger partial charge in [0.2, 0.25) is 10.0 Å². The third kappa shape index (κ3) is 7.83. The Morgan fingerprint density at radius 2 is 1.80 bits per heavy atom. The summed E-state index contributed by atoms with van der Waals surface area (Å²) in [5.74, 6) is 0.133. The lowest BCUT2D eigenvalue weighted by Gasteiger charge is -2.28. The van der Waals surface area contributed by atoms with Gasteiger partial charge in [-0.3, -0.25) is 0 Å². The number of hydrogen-bond acceptors (Lipinski definition) is 5. The molecule has 0 aliphatic carbocycles. The van der Waals surface area contributed by atoms with Crippen molar-refractivity contribution in [1.29, 1.82) is 0 Å². The number of carbonyl (C=O) groups excluding carboxylic acids is 1. The first-order valence-corrected chi connectivity index (χ1v) is 13.4. The number of alkyl carbamates (subject to hydrolysis) is 1. The summed E-state index contributed by atoms with van der Waals surface area (Å²) in [6.45, 7) is 10.0. The van der Waals surface area contributed by atoms with Crippen molar-refractivity contribution >= 4 is 27.1 Å². The molecule has 1 amide bonds. The molecular weight excluding hydrogens is 464 g/mol. The molecule has 0 aliphatic rings. The molecule has 8 heteroatoms. The van der Waals surface area contributed by atoms with Crippen LogP contribution in [-0.2, 0) is 21.2 Å². The monoisotopic (exact) mass is 500 g/mol. The zero-order valence-corrected chi connectivity index (χ0v) is 22.0. The molecule has 1 aromatic heterocycles. The molecule has 2 aromatic carbocycles. The highest BCUT2D eigenvalue weighted by Gasteiger charge is 2.27. The normalized spacial score (nSPS) is 13.3. The molecule has 35 heavy (non-hydrogen) atoms.